The third kappa shape index (κ3) is 7.84. The molecule has 1 fully saturated rings. The highest BCUT2D eigenvalue weighted by molar-refractivity contribution is 6.04. The number of benzene rings is 2. The number of amides is 3. The Balaban J connectivity index is 0.995. The molecule has 6 rings (SSSR count). The topological polar surface area (TPSA) is 184 Å². The highest BCUT2D eigenvalue weighted by Crippen LogP contribution is 2.38. The van der Waals surface area contributed by atoms with Crippen LogP contribution in [-0.4, -0.2) is 87.9 Å². The Bertz CT molecular complexity index is 2020. The number of aromatic nitrogens is 3. The van der Waals surface area contributed by atoms with Crippen molar-refractivity contribution >= 4 is 47.1 Å². The zero-order valence-electron chi connectivity index (χ0n) is 29.5. The number of rotatable bonds is 13. The minimum absolute atomic E-state index is 0.00105. The minimum Gasteiger partial charge on any atom is -0.493 e. The molecule has 1 saturated heterocycles. The van der Waals surface area contributed by atoms with E-state index in [9.17, 15) is 19.2 Å². The van der Waals surface area contributed by atoms with E-state index in [1.807, 2.05) is 29.4 Å². The van der Waals surface area contributed by atoms with E-state index in [-0.39, 0.29) is 49.1 Å². The summed E-state index contributed by atoms with van der Waals surface area (Å²) in [5, 5.41) is 5.56. The first-order valence-corrected chi connectivity index (χ1v) is 17.1. The zero-order chi connectivity index (χ0) is 36.9. The van der Waals surface area contributed by atoms with Gasteiger partial charge in [-0.15, -0.1) is 0 Å². The number of ether oxygens (including phenoxy) is 3. The van der Waals surface area contributed by atoms with Gasteiger partial charge in [-0.25, -0.2) is 9.78 Å². The van der Waals surface area contributed by atoms with E-state index in [0.717, 1.165) is 24.0 Å². The number of nitrogens with two attached hydrogens (primary N) is 1. The highest BCUT2D eigenvalue weighted by Gasteiger charge is 2.32. The van der Waals surface area contributed by atoms with Gasteiger partial charge in [0, 0.05) is 69.5 Å². The van der Waals surface area contributed by atoms with Crippen LogP contribution in [0.1, 0.15) is 64.1 Å². The SMILES string of the molecule is COc1cc2c(cc1OCCCC(=O)Nc1cn(C)c(C(=O)Nc3ccc(-c4cc(C(=O)O[C@H](C)CN)n(C)c4)cc3)n1)N=C[C@@H]1CCCN1C2=O. The number of hydrogen-bond donors (Lipinski definition) is 3. The van der Waals surface area contributed by atoms with Crippen LogP contribution in [0.4, 0.5) is 17.2 Å². The molecule has 2 aliphatic rings. The summed E-state index contributed by atoms with van der Waals surface area (Å²) in [6.07, 6.45) is 7.18. The molecular weight excluding hydrogens is 668 g/mol. The van der Waals surface area contributed by atoms with Gasteiger partial charge < -0.3 is 44.6 Å². The number of hydrogen-bond acceptors (Lipinski definition) is 10. The van der Waals surface area contributed by atoms with Crippen LogP contribution in [0, 0.1) is 0 Å². The van der Waals surface area contributed by atoms with E-state index >= 15 is 0 Å². The maximum absolute atomic E-state index is 13.1. The van der Waals surface area contributed by atoms with Crippen molar-refractivity contribution in [2.75, 3.05) is 37.4 Å². The number of fused-ring (bicyclic) bond motifs is 2. The summed E-state index contributed by atoms with van der Waals surface area (Å²) in [6, 6.07) is 12.3. The Kier molecular flexibility index (Phi) is 10.7. The van der Waals surface area contributed by atoms with Crippen molar-refractivity contribution in [3.8, 4) is 22.6 Å². The number of aliphatic imine (C=N–C) groups is 1. The van der Waals surface area contributed by atoms with Crippen molar-refractivity contribution in [3.05, 3.63) is 71.9 Å². The third-order valence-electron chi connectivity index (χ3n) is 8.94. The van der Waals surface area contributed by atoms with Gasteiger partial charge >= 0.3 is 5.97 Å². The van der Waals surface area contributed by atoms with E-state index in [2.05, 4.69) is 20.6 Å². The molecule has 0 radical (unpaired) electrons. The molecule has 2 aliphatic heterocycles. The molecule has 15 heteroatoms. The van der Waals surface area contributed by atoms with Crippen molar-refractivity contribution in [1.29, 1.82) is 0 Å². The van der Waals surface area contributed by atoms with Gasteiger partial charge in [0.05, 0.1) is 31.0 Å². The van der Waals surface area contributed by atoms with Gasteiger partial charge in [-0.05, 0) is 56.0 Å². The Labute approximate surface area is 300 Å². The second kappa shape index (κ2) is 15.5. The maximum Gasteiger partial charge on any atom is 0.355 e. The molecule has 2 atom stereocenters. The predicted molar refractivity (Wildman–Crippen MR) is 195 cm³/mol. The molecule has 52 heavy (non-hydrogen) atoms. The summed E-state index contributed by atoms with van der Waals surface area (Å²) in [5.74, 6) is -0.0656. The summed E-state index contributed by atoms with van der Waals surface area (Å²) in [6.45, 7) is 2.89. The molecule has 4 heterocycles. The molecule has 15 nitrogen and oxygen atoms in total. The lowest BCUT2D eigenvalue weighted by Gasteiger charge is -2.20. The van der Waals surface area contributed by atoms with Crippen LogP contribution in [0.25, 0.3) is 11.1 Å². The van der Waals surface area contributed by atoms with Gasteiger partial charge in [-0.2, -0.15) is 0 Å². The molecule has 4 N–H and O–H groups in total. The van der Waals surface area contributed by atoms with Gasteiger partial charge in [-0.1, -0.05) is 12.1 Å². The number of carbonyl (C=O) groups is 4. The van der Waals surface area contributed by atoms with Crippen molar-refractivity contribution in [2.24, 2.45) is 24.8 Å². The Morgan fingerprint density at radius 2 is 1.81 bits per heavy atom. The standard InChI is InChI=1S/C37H42N8O7/c1-22(18-38)52-37(49)29-15-24(20-43(29)2)23-9-11-25(12-10-23)40-35(47)34-42-32(21-44(34)3)41-33(46)8-6-14-51-31-17-28-27(16-30(31)50-4)36(48)45-13-5-7-26(45)19-39-28/h9-12,15-17,19-22,26H,5-8,13-14,18,38H2,1-4H3,(H,40,47)(H,41,46)/t22-,26+/m1/s1. The van der Waals surface area contributed by atoms with Crippen LogP contribution in [0.15, 0.2) is 59.9 Å². The molecule has 0 unspecified atom stereocenters. The van der Waals surface area contributed by atoms with E-state index in [1.165, 1.54) is 11.7 Å². The quantitative estimate of drug-likeness (QED) is 0.134. The molecule has 0 aliphatic carbocycles. The second-order valence-electron chi connectivity index (χ2n) is 12.8. The summed E-state index contributed by atoms with van der Waals surface area (Å²) in [4.78, 5) is 62.1. The fourth-order valence-corrected chi connectivity index (χ4v) is 6.13. The first-order chi connectivity index (χ1) is 25.0. The molecule has 2 aromatic carbocycles. The summed E-state index contributed by atoms with van der Waals surface area (Å²) >= 11 is 0. The van der Waals surface area contributed by atoms with Crippen molar-refractivity contribution in [3.63, 3.8) is 0 Å². The lowest BCUT2D eigenvalue weighted by atomic mass is 10.1. The van der Waals surface area contributed by atoms with Crippen LogP contribution in [0.2, 0.25) is 0 Å². The molecule has 272 valence electrons. The Morgan fingerprint density at radius 3 is 2.56 bits per heavy atom. The Hall–Kier alpha value is -5.96. The fourth-order valence-electron chi connectivity index (χ4n) is 6.13. The smallest absolute Gasteiger partial charge is 0.355 e. The largest absolute Gasteiger partial charge is 0.493 e. The second-order valence-corrected chi connectivity index (χ2v) is 12.8. The van der Waals surface area contributed by atoms with Gasteiger partial charge in [-0.3, -0.25) is 19.4 Å². The number of esters is 1. The zero-order valence-corrected chi connectivity index (χ0v) is 29.5. The number of nitrogens with one attached hydrogen (secondary N) is 2. The van der Waals surface area contributed by atoms with Crippen LogP contribution in [-0.2, 0) is 23.6 Å². The molecular formula is C37H42N8O7. The molecule has 0 bridgehead atoms. The molecule has 0 spiro atoms. The van der Waals surface area contributed by atoms with Gasteiger partial charge in [0.1, 0.15) is 11.8 Å². The lowest BCUT2D eigenvalue weighted by Crippen LogP contribution is -2.35. The van der Waals surface area contributed by atoms with Crippen LogP contribution in [0.5, 0.6) is 11.5 Å². The summed E-state index contributed by atoms with van der Waals surface area (Å²) in [5.41, 5.74) is 9.16. The molecule has 4 aromatic rings. The van der Waals surface area contributed by atoms with E-state index < -0.39 is 18.0 Å². The van der Waals surface area contributed by atoms with Crippen molar-refractivity contribution < 1.29 is 33.4 Å². The highest BCUT2D eigenvalue weighted by atomic mass is 16.5. The number of methoxy groups -OCH3 is 1. The van der Waals surface area contributed by atoms with E-state index in [4.69, 9.17) is 19.9 Å². The molecule has 3 amide bonds. The van der Waals surface area contributed by atoms with Crippen LogP contribution in [0.3, 0.4) is 0 Å². The molecule has 2 aromatic heterocycles. The van der Waals surface area contributed by atoms with E-state index in [0.29, 0.717) is 47.1 Å². The maximum atomic E-state index is 13.1. The Morgan fingerprint density at radius 1 is 1.02 bits per heavy atom. The lowest BCUT2D eigenvalue weighted by molar-refractivity contribution is -0.116. The number of anilines is 2. The summed E-state index contributed by atoms with van der Waals surface area (Å²) in [7, 11) is 4.94. The monoisotopic (exact) mass is 710 g/mol. The normalized spacial score (nSPS) is 15.4. The minimum atomic E-state index is -0.455. The summed E-state index contributed by atoms with van der Waals surface area (Å²) < 4.78 is 20.0. The van der Waals surface area contributed by atoms with E-state index in [1.54, 1.807) is 62.1 Å². The average molecular weight is 711 g/mol. The van der Waals surface area contributed by atoms with Crippen LogP contribution >= 0.6 is 0 Å². The van der Waals surface area contributed by atoms with Gasteiger partial charge in [0.15, 0.2) is 17.3 Å². The van der Waals surface area contributed by atoms with Crippen LogP contribution < -0.4 is 25.8 Å². The predicted octanol–water partition coefficient (Wildman–Crippen LogP) is 4.31. The fraction of sp³-hybridized carbons (Fsp3) is 0.351. The first-order valence-electron chi connectivity index (χ1n) is 17.1. The first kappa shape index (κ1) is 35.9. The van der Waals surface area contributed by atoms with Crippen molar-refractivity contribution in [1.82, 2.24) is 19.0 Å². The van der Waals surface area contributed by atoms with Gasteiger partial charge in [0.25, 0.3) is 11.8 Å². The number of imidazole rings is 1. The molecule has 0 saturated carbocycles. The number of carbonyl (C=O) groups excluding carboxylic acids is 4. The van der Waals surface area contributed by atoms with Gasteiger partial charge in [0.2, 0.25) is 11.7 Å². The average Bonchev–Trinajstić information content (AvgIpc) is 3.85. The number of aryl methyl sites for hydroxylation is 2. The third-order valence-corrected chi connectivity index (χ3v) is 8.94. The van der Waals surface area contributed by atoms with Crippen molar-refractivity contribution in [2.45, 2.75) is 44.8 Å². The number of nitrogens with zero attached hydrogens (tertiary/aromatic N) is 5.